The number of fused-ring (bicyclic) bond motifs is 1. The molecule has 1 heterocycles. The molecule has 0 atom stereocenters. The molecule has 4 heteroatoms. The van der Waals surface area contributed by atoms with Crippen molar-refractivity contribution in [2.45, 2.75) is 0 Å². The predicted octanol–water partition coefficient (Wildman–Crippen LogP) is 3.37. The average Bonchev–Trinajstić information content (AvgIpc) is 2.72. The molecule has 0 saturated carbocycles. The van der Waals surface area contributed by atoms with E-state index in [1.54, 1.807) is 0 Å². The van der Waals surface area contributed by atoms with Crippen LogP contribution in [0.1, 0.15) is 0 Å². The normalized spacial score (nSPS) is 10.9. The van der Waals surface area contributed by atoms with Crippen LogP contribution in [-0.4, -0.2) is 9.78 Å². The highest BCUT2D eigenvalue weighted by Gasteiger charge is 2.03. The predicted molar refractivity (Wildman–Crippen MR) is 73.2 cm³/mol. The van der Waals surface area contributed by atoms with Crippen LogP contribution in [0.2, 0.25) is 0 Å². The van der Waals surface area contributed by atoms with Crippen LogP contribution in [0, 0.1) is 0 Å². The number of halogens is 1. The minimum Gasteiger partial charge on any atom is -0.399 e. The van der Waals surface area contributed by atoms with Gasteiger partial charge in [-0.2, -0.15) is 5.10 Å². The molecule has 2 N–H and O–H groups in total. The van der Waals surface area contributed by atoms with Crippen molar-refractivity contribution >= 4 is 32.5 Å². The number of aromatic nitrogens is 2. The lowest BCUT2D eigenvalue weighted by atomic mass is 10.2. The van der Waals surface area contributed by atoms with E-state index in [-0.39, 0.29) is 0 Å². The highest BCUT2D eigenvalue weighted by molar-refractivity contribution is 9.10. The van der Waals surface area contributed by atoms with E-state index >= 15 is 0 Å². The highest BCUT2D eigenvalue weighted by Crippen LogP contribution is 2.20. The van der Waals surface area contributed by atoms with Gasteiger partial charge in [-0.25, -0.2) is 4.68 Å². The summed E-state index contributed by atoms with van der Waals surface area (Å²) in [5.74, 6) is 0. The van der Waals surface area contributed by atoms with Gasteiger partial charge in [-0.3, -0.25) is 0 Å². The first-order valence-corrected chi connectivity index (χ1v) is 6.02. The number of nitrogens with zero attached hydrogens (tertiary/aromatic N) is 2. The van der Waals surface area contributed by atoms with Crippen LogP contribution < -0.4 is 5.73 Å². The van der Waals surface area contributed by atoms with Gasteiger partial charge in [0.15, 0.2) is 0 Å². The molecule has 84 valence electrons. The number of nitrogen functional groups attached to an aromatic ring is 1. The topological polar surface area (TPSA) is 43.8 Å². The summed E-state index contributed by atoms with van der Waals surface area (Å²) in [7, 11) is 0. The van der Waals surface area contributed by atoms with E-state index in [2.05, 4.69) is 21.0 Å². The van der Waals surface area contributed by atoms with Crippen molar-refractivity contribution in [1.82, 2.24) is 9.78 Å². The van der Waals surface area contributed by atoms with E-state index in [1.165, 1.54) is 0 Å². The lowest BCUT2D eigenvalue weighted by Gasteiger charge is -2.01. The molecule has 17 heavy (non-hydrogen) atoms. The standard InChI is InChI=1S/C13H10BrN3/c14-10-5-4-9-8-17(16-13(9)6-10)12-3-1-2-11(15)7-12/h1-8H,15H2. The van der Waals surface area contributed by atoms with Crippen LogP contribution in [0.25, 0.3) is 16.6 Å². The molecule has 0 aliphatic carbocycles. The van der Waals surface area contributed by atoms with E-state index in [9.17, 15) is 0 Å². The van der Waals surface area contributed by atoms with Crippen molar-refractivity contribution in [3.05, 3.63) is 53.1 Å². The zero-order chi connectivity index (χ0) is 11.8. The van der Waals surface area contributed by atoms with Gasteiger partial charge in [-0.05, 0) is 30.3 Å². The van der Waals surface area contributed by atoms with Gasteiger partial charge in [0, 0.05) is 21.7 Å². The van der Waals surface area contributed by atoms with Crippen LogP contribution in [0.4, 0.5) is 5.69 Å². The fourth-order valence-electron chi connectivity index (χ4n) is 1.79. The van der Waals surface area contributed by atoms with Gasteiger partial charge in [0.1, 0.15) is 0 Å². The van der Waals surface area contributed by atoms with E-state index in [4.69, 9.17) is 5.73 Å². The third-order valence-electron chi connectivity index (χ3n) is 2.60. The molecule has 0 saturated heterocycles. The maximum atomic E-state index is 5.77. The largest absolute Gasteiger partial charge is 0.399 e. The Labute approximate surface area is 107 Å². The van der Waals surface area contributed by atoms with Crippen molar-refractivity contribution in [1.29, 1.82) is 0 Å². The Kier molecular flexibility index (Phi) is 2.37. The molecule has 0 fully saturated rings. The second kappa shape index (κ2) is 3.89. The lowest BCUT2D eigenvalue weighted by molar-refractivity contribution is 0.897. The second-order valence-corrected chi connectivity index (χ2v) is 4.79. The van der Waals surface area contributed by atoms with Gasteiger partial charge < -0.3 is 5.73 Å². The lowest BCUT2D eigenvalue weighted by Crippen LogP contribution is -1.95. The maximum Gasteiger partial charge on any atom is 0.0938 e. The fourth-order valence-corrected chi connectivity index (χ4v) is 2.14. The molecule has 0 amide bonds. The summed E-state index contributed by atoms with van der Waals surface area (Å²) in [4.78, 5) is 0. The Hall–Kier alpha value is -1.81. The van der Waals surface area contributed by atoms with Crippen molar-refractivity contribution in [2.75, 3.05) is 5.73 Å². The molecule has 3 nitrogen and oxygen atoms in total. The number of hydrogen-bond donors (Lipinski definition) is 1. The fraction of sp³-hybridized carbons (Fsp3) is 0. The molecule has 0 radical (unpaired) electrons. The molecular weight excluding hydrogens is 278 g/mol. The summed E-state index contributed by atoms with van der Waals surface area (Å²) in [6, 6.07) is 13.7. The zero-order valence-electron chi connectivity index (χ0n) is 8.97. The van der Waals surface area contributed by atoms with E-state index in [0.29, 0.717) is 0 Å². The summed E-state index contributed by atoms with van der Waals surface area (Å²) >= 11 is 3.44. The van der Waals surface area contributed by atoms with Crippen LogP contribution in [0.5, 0.6) is 0 Å². The first kappa shape index (κ1) is 10.4. The van der Waals surface area contributed by atoms with Gasteiger partial charge >= 0.3 is 0 Å². The molecule has 1 aromatic heterocycles. The molecule has 3 aromatic rings. The minimum atomic E-state index is 0.739. The summed E-state index contributed by atoms with van der Waals surface area (Å²) in [5.41, 5.74) is 8.43. The number of anilines is 1. The number of hydrogen-bond acceptors (Lipinski definition) is 2. The van der Waals surface area contributed by atoms with Crippen LogP contribution >= 0.6 is 15.9 Å². The number of rotatable bonds is 1. The monoisotopic (exact) mass is 287 g/mol. The first-order valence-electron chi connectivity index (χ1n) is 5.23. The highest BCUT2D eigenvalue weighted by atomic mass is 79.9. The third-order valence-corrected chi connectivity index (χ3v) is 3.10. The second-order valence-electron chi connectivity index (χ2n) is 3.87. The van der Waals surface area contributed by atoms with Gasteiger partial charge in [0.05, 0.1) is 11.2 Å². The first-order chi connectivity index (χ1) is 8.22. The van der Waals surface area contributed by atoms with Gasteiger partial charge in [-0.1, -0.05) is 28.1 Å². The minimum absolute atomic E-state index is 0.739. The van der Waals surface area contributed by atoms with Crippen LogP contribution in [-0.2, 0) is 0 Å². The van der Waals surface area contributed by atoms with Gasteiger partial charge in [0.2, 0.25) is 0 Å². The Bertz CT molecular complexity index is 688. The Balaban J connectivity index is 2.18. The molecule has 0 unspecified atom stereocenters. The van der Waals surface area contributed by atoms with Gasteiger partial charge in [0.25, 0.3) is 0 Å². The molecule has 0 aliphatic heterocycles. The molecule has 2 aromatic carbocycles. The molecule has 0 aliphatic rings. The smallest absolute Gasteiger partial charge is 0.0938 e. The molecule has 0 spiro atoms. The summed E-state index contributed by atoms with van der Waals surface area (Å²) in [6.45, 7) is 0. The Morgan fingerprint density at radius 1 is 1.12 bits per heavy atom. The van der Waals surface area contributed by atoms with Crippen molar-refractivity contribution in [3.63, 3.8) is 0 Å². The number of benzene rings is 2. The van der Waals surface area contributed by atoms with Crippen molar-refractivity contribution < 1.29 is 0 Å². The third kappa shape index (κ3) is 1.91. The average molecular weight is 288 g/mol. The summed E-state index contributed by atoms with van der Waals surface area (Å²) in [5, 5.41) is 5.62. The SMILES string of the molecule is Nc1cccc(-n2cc3ccc(Br)cc3n2)c1. The van der Waals surface area contributed by atoms with Crippen LogP contribution in [0.15, 0.2) is 53.1 Å². The van der Waals surface area contributed by atoms with E-state index in [1.807, 2.05) is 53.3 Å². The quantitative estimate of drug-likeness (QED) is 0.698. The summed E-state index contributed by atoms with van der Waals surface area (Å²) in [6.07, 6.45) is 2.00. The maximum absolute atomic E-state index is 5.77. The molecule has 0 bridgehead atoms. The molecular formula is C13H10BrN3. The molecule has 3 rings (SSSR count). The van der Waals surface area contributed by atoms with Gasteiger partial charge in [-0.15, -0.1) is 0 Å². The Morgan fingerprint density at radius 3 is 2.82 bits per heavy atom. The zero-order valence-corrected chi connectivity index (χ0v) is 10.6. The van der Waals surface area contributed by atoms with E-state index < -0.39 is 0 Å². The Morgan fingerprint density at radius 2 is 2.00 bits per heavy atom. The van der Waals surface area contributed by atoms with Crippen molar-refractivity contribution in [3.8, 4) is 5.69 Å². The number of nitrogens with two attached hydrogens (primary N) is 1. The van der Waals surface area contributed by atoms with Crippen molar-refractivity contribution in [2.24, 2.45) is 0 Å². The summed E-state index contributed by atoms with van der Waals surface area (Å²) < 4.78 is 2.87. The van der Waals surface area contributed by atoms with E-state index in [0.717, 1.165) is 26.8 Å². The van der Waals surface area contributed by atoms with Crippen LogP contribution in [0.3, 0.4) is 0 Å².